The van der Waals surface area contributed by atoms with Gasteiger partial charge in [-0.1, -0.05) is 36.4 Å². The fourth-order valence-corrected chi connectivity index (χ4v) is 3.45. The molecule has 4 nitrogen and oxygen atoms in total. The van der Waals surface area contributed by atoms with Gasteiger partial charge in [0.25, 0.3) is 0 Å². The Kier molecular flexibility index (Phi) is 5.05. The molecule has 1 aliphatic heterocycles. The third-order valence-electron chi connectivity index (χ3n) is 5.94. The minimum Gasteiger partial charge on any atom is -0.497 e. The van der Waals surface area contributed by atoms with Crippen molar-refractivity contribution in [3.8, 4) is 11.5 Å². The largest absolute Gasteiger partial charge is 0.497 e. The molecular weight excluding hydrogens is 363 g/mol. The monoisotopic (exact) mass is 390 g/mol. The quantitative estimate of drug-likeness (QED) is 0.591. The zero-order chi connectivity index (χ0) is 20.6. The Bertz CT molecular complexity index is 995. The standard InChI is InChI=1S/C24H27BO4/c1-23(2)24(3,4)29-25(28-23)22-15-20(14-18-8-6-7-9-21(18)22)27-16-17-10-12-19(26-5)13-11-17/h6-15H,16H2,1-5H3. The predicted molar refractivity (Wildman–Crippen MR) is 117 cm³/mol. The van der Waals surface area contributed by atoms with E-state index in [9.17, 15) is 0 Å². The van der Waals surface area contributed by atoms with Crippen molar-refractivity contribution >= 4 is 23.4 Å². The maximum Gasteiger partial charge on any atom is 0.495 e. The van der Waals surface area contributed by atoms with Gasteiger partial charge < -0.3 is 18.8 Å². The Labute approximate surface area is 172 Å². The molecule has 0 N–H and O–H groups in total. The minimum atomic E-state index is -0.436. The van der Waals surface area contributed by atoms with Crippen LogP contribution in [-0.2, 0) is 15.9 Å². The second-order valence-corrected chi connectivity index (χ2v) is 8.46. The second-order valence-electron chi connectivity index (χ2n) is 8.46. The van der Waals surface area contributed by atoms with E-state index in [0.29, 0.717) is 6.61 Å². The molecule has 29 heavy (non-hydrogen) atoms. The number of ether oxygens (including phenoxy) is 2. The lowest BCUT2D eigenvalue weighted by molar-refractivity contribution is 0.00578. The molecule has 3 aromatic rings. The van der Waals surface area contributed by atoms with Crippen LogP contribution >= 0.6 is 0 Å². The van der Waals surface area contributed by atoms with Gasteiger partial charge in [0.2, 0.25) is 0 Å². The normalized spacial score (nSPS) is 17.5. The van der Waals surface area contributed by atoms with E-state index in [0.717, 1.165) is 33.3 Å². The van der Waals surface area contributed by atoms with E-state index in [4.69, 9.17) is 18.8 Å². The van der Waals surface area contributed by atoms with Gasteiger partial charge in [-0.2, -0.15) is 0 Å². The van der Waals surface area contributed by atoms with Crippen molar-refractivity contribution in [2.75, 3.05) is 7.11 Å². The lowest BCUT2D eigenvalue weighted by atomic mass is 9.76. The Morgan fingerprint density at radius 2 is 1.48 bits per heavy atom. The van der Waals surface area contributed by atoms with Gasteiger partial charge >= 0.3 is 7.12 Å². The van der Waals surface area contributed by atoms with Crippen LogP contribution in [0, 0.1) is 0 Å². The SMILES string of the molecule is COc1ccc(COc2cc(B3OC(C)(C)C(C)(C)O3)c3ccccc3c2)cc1. The molecule has 1 heterocycles. The van der Waals surface area contributed by atoms with Gasteiger partial charge in [-0.25, -0.2) is 0 Å². The summed E-state index contributed by atoms with van der Waals surface area (Å²) >= 11 is 0. The van der Waals surface area contributed by atoms with Gasteiger partial charge in [0, 0.05) is 0 Å². The van der Waals surface area contributed by atoms with E-state index in [-0.39, 0.29) is 0 Å². The molecule has 5 heteroatoms. The fourth-order valence-electron chi connectivity index (χ4n) is 3.45. The Balaban J connectivity index is 1.64. The molecule has 4 rings (SSSR count). The van der Waals surface area contributed by atoms with Gasteiger partial charge in [-0.15, -0.1) is 0 Å². The van der Waals surface area contributed by atoms with E-state index in [2.05, 4.69) is 45.9 Å². The average molecular weight is 390 g/mol. The molecule has 1 saturated heterocycles. The number of fused-ring (bicyclic) bond motifs is 1. The molecule has 150 valence electrons. The predicted octanol–water partition coefficient (Wildman–Crippen LogP) is 4.73. The number of rotatable bonds is 5. The van der Waals surface area contributed by atoms with Crippen molar-refractivity contribution in [3.05, 3.63) is 66.2 Å². The zero-order valence-corrected chi connectivity index (χ0v) is 17.7. The maximum absolute atomic E-state index is 6.31. The fraction of sp³-hybridized carbons (Fsp3) is 0.333. The van der Waals surface area contributed by atoms with E-state index in [1.54, 1.807) is 7.11 Å². The molecule has 0 amide bonds. The zero-order valence-electron chi connectivity index (χ0n) is 17.7. The summed E-state index contributed by atoms with van der Waals surface area (Å²) in [5, 5.41) is 2.22. The summed E-state index contributed by atoms with van der Waals surface area (Å²) < 4.78 is 24.0. The maximum atomic E-state index is 6.31. The summed E-state index contributed by atoms with van der Waals surface area (Å²) in [6.45, 7) is 8.75. The molecule has 1 aliphatic rings. The molecule has 1 fully saturated rings. The Hall–Kier alpha value is -2.50. The van der Waals surface area contributed by atoms with Gasteiger partial charge in [0.15, 0.2) is 0 Å². The first-order valence-electron chi connectivity index (χ1n) is 9.93. The van der Waals surface area contributed by atoms with Crippen molar-refractivity contribution in [3.63, 3.8) is 0 Å². The van der Waals surface area contributed by atoms with Crippen LogP contribution in [0.3, 0.4) is 0 Å². The number of methoxy groups -OCH3 is 1. The third kappa shape index (κ3) is 3.85. The topological polar surface area (TPSA) is 36.9 Å². The van der Waals surface area contributed by atoms with E-state index >= 15 is 0 Å². The number of hydrogen-bond acceptors (Lipinski definition) is 4. The van der Waals surface area contributed by atoms with E-state index < -0.39 is 18.3 Å². The van der Waals surface area contributed by atoms with Crippen LogP contribution in [0.1, 0.15) is 33.3 Å². The van der Waals surface area contributed by atoms with Crippen molar-refractivity contribution in [1.82, 2.24) is 0 Å². The van der Waals surface area contributed by atoms with Crippen molar-refractivity contribution in [1.29, 1.82) is 0 Å². The number of hydrogen-bond donors (Lipinski definition) is 0. The van der Waals surface area contributed by atoms with Crippen LogP contribution in [0.4, 0.5) is 0 Å². The number of benzene rings is 3. The molecule has 3 aromatic carbocycles. The van der Waals surface area contributed by atoms with E-state index in [1.807, 2.05) is 42.5 Å². The molecule has 0 aromatic heterocycles. The second kappa shape index (κ2) is 7.40. The summed E-state index contributed by atoms with van der Waals surface area (Å²) in [7, 11) is 1.23. The molecular formula is C24H27BO4. The van der Waals surface area contributed by atoms with Crippen LogP contribution < -0.4 is 14.9 Å². The van der Waals surface area contributed by atoms with Crippen LogP contribution in [0.5, 0.6) is 11.5 Å². The van der Waals surface area contributed by atoms with E-state index in [1.165, 1.54) is 0 Å². The van der Waals surface area contributed by atoms with Crippen molar-refractivity contribution in [2.45, 2.75) is 45.5 Å². The van der Waals surface area contributed by atoms with Crippen LogP contribution in [-0.4, -0.2) is 25.4 Å². The summed E-state index contributed by atoms with van der Waals surface area (Å²) in [6, 6.07) is 20.3. The lowest BCUT2D eigenvalue weighted by Crippen LogP contribution is -2.41. The minimum absolute atomic E-state index is 0.390. The summed E-state index contributed by atoms with van der Waals surface area (Å²) in [6.07, 6.45) is 0. The molecule has 0 aliphatic carbocycles. The summed E-state index contributed by atoms with van der Waals surface area (Å²) in [4.78, 5) is 0. The first-order valence-corrected chi connectivity index (χ1v) is 9.93. The highest BCUT2D eigenvalue weighted by Gasteiger charge is 2.52. The van der Waals surface area contributed by atoms with Gasteiger partial charge in [-0.05, 0) is 73.8 Å². The highest BCUT2D eigenvalue weighted by atomic mass is 16.7. The van der Waals surface area contributed by atoms with Crippen molar-refractivity contribution in [2.24, 2.45) is 0 Å². The first kappa shape index (κ1) is 19.8. The Morgan fingerprint density at radius 3 is 2.14 bits per heavy atom. The van der Waals surface area contributed by atoms with Crippen LogP contribution in [0.15, 0.2) is 60.7 Å². The molecule has 0 unspecified atom stereocenters. The summed E-state index contributed by atoms with van der Waals surface area (Å²) in [5.74, 6) is 1.63. The molecule has 0 radical (unpaired) electrons. The average Bonchev–Trinajstić information content (AvgIpc) is 2.93. The smallest absolute Gasteiger partial charge is 0.495 e. The van der Waals surface area contributed by atoms with Gasteiger partial charge in [0.05, 0.1) is 18.3 Å². The first-order chi connectivity index (χ1) is 13.8. The highest BCUT2D eigenvalue weighted by molar-refractivity contribution is 6.65. The lowest BCUT2D eigenvalue weighted by Gasteiger charge is -2.32. The highest BCUT2D eigenvalue weighted by Crippen LogP contribution is 2.37. The molecule has 0 spiro atoms. The molecule has 0 bridgehead atoms. The van der Waals surface area contributed by atoms with Crippen molar-refractivity contribution < 1.29 is 18.8 Å². The van der Waals surface area contributed by atoms with Crippen LogP contribution in [0.25, 0.3) is 10.8 Å². The third-order valence-corrected chi connectivity index (χ3v) is 5.94. The van der Waals surface area contributed by atoms with Gasteiger partial charge in [0.1, 0.15) is 18.1 Å². The van der Waals surface area contributed by atoms with Crippen LogP contribution in [0.2, 0.25) is 0 Å². The molecule has 0 atom stereocenters. The Morgan fingerprint density at radius 1 is 0.828 bits per heavy atom. The summed E-state index contributed by atoms with van der Waals surface area (Å²) in [5.41, 5.74) is 1.29. The molecule has 0 saturated carbocycles. The van der Waals surface area contributed by atoms with Gasteiger partial charge in [-0.3, -0.25) is 0 Å².